The van der Waals surface area contributed by atoms with Crippen LogP contribution in [-0.4, -0.2) is 105 Å². The van der Waals surface area contributed by atoms with Gasteiger partial charge in [-0.15, -0.1) is 0 Å². The summed E-state index contributed by atoms with van der Waals surface area (Å²) in [5.41, 5.74) is 11.1. The van der Waals surface area contributed by atoms with Crippen LogP contribution in [0.5, 0.6) is 0 Å². The van der Waals surface area contributed by atoms with Crippen LogP contribution >= 0.6 is 0 Å². The van der Waals surface area contributed by atoms with Gasteiger partial charge in [-0.3, -0.25) is 0 Å². The van der Waals surface area contributed by atoms with Crippen LogP contribution in [0, 0.1) is 0 Å². The van der Waals surface area contributed by atoms with Crippen molar-refractivity contribution in [2.75, 3.05) is 13.2 Å². The number of ether oxygens (including phenoxy) is 3. The SMILES string of the molecule is N[C@@H]1[C@@H](O)[C@H](O)[C@@H](CO[C@@H]2O[C@H](CO)[C@@H](O)[C@H](O)[C@H]2N)O[C@@H]1O. The molecule has 2 rings (SSSR count). The van der Waals surface area contributed by atoms with Gasteiger partial charge >= 0.3 is 0 Å². The number of rotatable bonds is 4. The minimum Gasteiger partial charge on any atom is -0.394 e. The molecule has 2 fully saturated rings. The van der Waals surface area contributed by atoms with Crippen LogP contribution in [0.2, 0.25) is 0 Å². The van der Waals surface area contributed by atoms with Gasteiger partial charge in [0, 0.05) is 0 Å². The van der Waals surface area contributed by atoms with Gasteiger partial charge in [0.1, 0.15) is 36.6 Å². The third kappa shape index (κ3) is 3.81. The summed E-state index contributed by atoms with van der Waals surface area (Å²) in [5, 5.41) is 57.7. The van der Waals surface area contributed by atoms with Gasteiger partial charge in [-0.05, 0) is 0 Å². The van der Waals surface area contributed by atoms with Crippen molar-refractivity contribution < 1.29 is 44.8 Å². The van der Waals surface area contributed by atoms with Crippen LogP contribution in [0.4, 0.5) is 0 Å². The molecule has 10 N–H and O–H groups in total. The maximum absolute atomic E-state index is 9.87. The quantitative estimate of drug-likeness (QED) is 0.242. The van der Waals surface area contributed by atoms with Gasteiger partial charge in [0.05, 0.1) is 25.3 Å². The van der Waals surface area contributed by atoms with E-state index in [-0.39, 0.29) is 6.61 Å². The maximum Gasteiger partial charge on any atom is 0.175 e. The summed E-state index contributed by atoms with van der Waals surface area (Å²) in [6.45, 7) is -0.888. The standard InChI is InChI=1S/C12H24N2O9/c13-5-9(18)8(17)4(22-11(5)20)2-21-12-6(14)10(19)7(16)3(1-15)23-12/h3-12,15-20H,1-2,13-14H2/t3-,4-,5-,6-,7-,8-,9-,10-,11+,12-/m1/s1. The van der Waals surface area contributed by atoms with Gasteiger partial charge < -0.3 is 56.3 Å². The molecule has 0 aromatic carbocycles. The molecular weight excluding hydrogens is 316 g/mol. The third-order valence-corrected chi connectivity index (χ3v) is 4.12. The largest absolute Gasteiger partial charge is 0.394 e. The lowest BCUT2D eigenvalue weighted by molar-refractivity contribution is -0.294. The predicted molar refractivity (Wildman–Crippen MR) is 72.6 cm³/mol. The highest BCUT2D eigenvalue weighted by atomic mass is 16.7. The molecule has 0 aromatic rings. The van der Waals surface area contributed by atoms with Crippen molar-refractivity contribution in [3.05, 3.63) is 0 Å². The molecular formula is C12H24N2O9. The van der Waals surface area contributed by atoms with Gasteiger partial charge in [0.15, 0.2) is 12.6 Å². The molecule has 10 atom stereocenters. The Balaban J connectivity index is 1.94. The fourth-order valence-electron chi connectivity index (χ4n) is 2.55. The van der Waals surface area contributed by atoms with Crippen molar-refractivity contribution in [2.45, 2.75) is 61.3 Å². The first kappa shape index (κ1) is 18.9. The van der Waals surface area contributed by atoms with Gasteiger partial charge in [-0.1, -0.05) is 0 Å². The Morgan fingerprint density at radius 2 is 1.35 bits per heavy atom. The zero-order valence-electron chi connectivity index (χ0n) is 12.3. The fourth-order valence-corrected chi connectivity index (χ4v) is 2.55. The van der Waals surface area contributed by atoms with Crippen LogP contribution in [0.15, 0.2) is 0 Å². The molecule has 0 bridgehead atoms. The highest BCUT2D eigenvalue weighted by Gasteiger charge is 2.45. The lowest BCUT2D eigenvalue weighted by Gasteiger charge is -2.42. The van der Waals surface area contributed by atoms with Gasteiger partial charge in [-0.2, -0.15) is 0 Å². The molecule has 2 aliphatic rings. The zero-order valence-corrected chi connectivity index (χ0v) is 12.3. The van der Waals surface area contributed by atoms with Gasteiger partial charge in [0.25, 0.3) is 0 Å². The van der Waals surface area contributed by atoms with E-state index in [1.54, 1.807) is 0 Å². The van der Waals surface area contributed by atoms with Crippen molar-refractivity contribution in [2.24, 2.45) is 11.5 Å². The molecule has 2 heterocycles. The Labute approximate surface area is 132 Å². The van der Waals surface area contributed by atoms with E-state index in [0.717, 1.165) is 0 Å². The average molecular weight is 340 g/mol. The Morgan fingerprint density at radius 3 is 1.96 bits per heavy atom. The third-order valence-electron chi connectivity index (χ3n) is 4.12. The van der Waals surface area contributed by atoms with E-state index in [1.807, 2.05) is 0 Å². The number of nitrogens with two attached hydrogens (primary N) is 2. The Kier molecular flexibility index (Phi) is 6.27. The minimum absolute atomic E-state index is 0.332. The second kappa shape index (κ2) is 7.63. The normalized spacial score (nSPS) is 51.7. The minimum atomic E-state index is -1.49. The zero-order chi connectivity index (χ0) is 17.3. The molecule has 11 heteroatoms. The first-order valence-corrected chi connectivity index (χ1v) is 7.22. The first-order valence-electron chi connectivity index (χ1n) is 7.22. The van der Waals surface area contributed by atoms with E-state index in [4.69, 9.17) is 30.8 Å². The molecule has 0 amide bonds. The summed E-state index contributed by atoms with van der Waals surface area (Å²) in [5.74, 6) is 0. The molecule has 0 radical (unpaired) electrons. The van der Waals surface area contributed by atoms with Gasteiger partial charge in [-0.25, -0.2) is 0 Å². The summed E-state index contributed by atoms with van der Waals surface area (Å²) >= 11 is 0. The summed E-state index contributed by atoms with van der Waals surface area (Å²) in [7, 11) is 0. The van der Waals surface area contributed by atoms with Crippen molar-refractivity contribution in [3.8, 4) is 0 Å². The van der Waals surface area contributed by atoms with Crippen molar-refractivity contribution in [1.29, 1.82) is 0 Å². The summed E-state index contributed by atoms with van der Waals surface area (Å²) in [4.78, 5) is 0. The Morgan fingerprint density at radius 1 is 0.783 bits per heavy atom. The summed E-state index contributed by atoms with van der Waals surface area (Å²) < 4.78 is 15.6. The molecule has 0 spiro atoms. The lowest BCUT2D eigenvalue weighted by Crippen LogP contribution is -2.64. The highest BCUT2D eigenvalue weighted by molar-refractivity contribution is 4.93. The van der Waals surface area contributed by atoms with E-state index >= 15 is 0 Å². The van der Waals surface area contributed by atoms with Crippen molar-refractivity contribution >= 4 is 0 Å². The molecule has 136 valence electrons. The van der Waals surface area contributed by atoms with Crippen molar-refractivity contribution in [3.63, 3.8) is 0 Å². The summed E-state index contributed by atoms with van der Waals surface area (Å²) in [6.07, 6.45) is -10.4. The number of hydrogen-bond acceptors (Lipinski definition) is 11. The first-order chi connectivity index (χ1) is 10.8. The van der Waals surface area contributed by atoms with Gasteiger partial charge in [0.2, 0.25) is 0 Å². The maximum atomic E-state index is 9.87. The number of aliphatic hydroxyl groups excluding tert-OH is 6. The Bertz CT molecular complexity index is 388. The van der Waals surface area contributed by atoms with E-state index in [2.05, 4.69) is 0 Å². The monoisotopic (exact) mass is 340 g/mol. The Hall–Kier alpha value is -0.440. The lowest BCUT2D eigenvalue weighted by atomic mass is 9.97. The molecule has 23 heavy (non-hydrogen) atoms. The number of aliphatic hydroxyl groups is 6. The molecule has 0 aromatic heterocycles. The molecule has 0 aliphatic carbocycles. The van der Waals surface area contributed by atoms with E-state index in [0.29, 0.717) is 0 Å². The number of hydrogen-bond donors (Lipinski definition) is 8. The van der Waals surface area contributed by atoms with E-state index < -0.39 is 67.9 Å². The summed E-state index contributed by atoms with van der Waals surface area (Å²) in [6, 6.07) is -2.27. The second-order valence-corrected chi connectivity index (χ2v) is 5.74. The van der Waals surface area contributed by atoms with Crippen LogP contribution < -0.4 is 11.5 Å². The molecule has 2 aliphatic heterocycles. The topological polar surface area (TPSA) is 201 Å². The highest BCUT2D eigenvalue weighted by Crippen LogP contribution is 2.23. The van der Waals surface area contributed by atoms with Crippen LogP contribution in [0.25, 0.3) is 0 Å². The molecule has 11 nitrogen and oxygen atoms in total. The fraction of sp³-hybridized carbons (Fsp3) is 1.00. The smallest absolute Gasteiger partial charge is 0.175 e. The van der Waals surface area contributed by atoms with Crippen molar-refractivity contribution in [1.82, 2.24) is 0 Å². The van der Waals surface area contributed by atoms with Crippen LogP contribution in [-0.2, 0) is 14.2 Å². The van der Waals surface area contributed by atoms with Crippen LogP contribution in [0.1, 0.15) is 0 Å². The predicted octanol–water partition coefficient (Wildman–Crippen LogP) is -5.46. The van der Waals surface area contributed by atoms with E-state index in [9.17, 15) is 25.5 Å². The van der Waals surface area contributed by atoms with E-state index in [1.165, 1.54) is 0 Å². The van der Waals surface area contributed by atoms with Crippen LogP contribution in [0.3, 0.4) is 0 Å². The molecule has 0 unspecified atom stereocenters. The molecule has 0 saturated carbocycles. The average Bonchev–Trinajstić information content (AvgIpc) is 2.54. The molecule has 2 saturated heterocycles. The second-order valence-electron chi connectivity index (χ2n) is 5.74.